The van der Waals surface area contributed by atoms with Gasteiger partial charge in [-0.05, 0) is 51.5 Å². The number of aliphatic hydroxyl groups is 1. The van der Waals surface area contributed by atoms with Crippen LogP contribution in [-0.4, -0.2) is 27.0 Å². The number of hydrogen-bond acceptors (Lipinski definition) is 7. The van der Waals surface area contributed by atoms with Crippen LogP contribution >= 0.6 is 11.3 Å². The summed E-state index contributed by atoms with van der Waals surface area (Å²) < 4.78 is 5.76. The van der Waals surface area contributed by atoms with Gasteiger partial charge in [0.25, 0.3) is 5.78 Å². The molecule has 1 amide bonds. The highest BCUT2D eigenvalue weighted by Crippen LogP contribution is 2.43. The van der Waals surface area contributed by atoms with Gasteiger partial charge < -0.3 is 9.52 Å². The van der Waals surface area contributed by atoms with E-state index >= 15 is 0 Å². The number of carbonyl (C=O) groups is 2. The lowest BCUT2D eigenvalue weighted by Gasteiger charge is -2.20. The van der Waals surface area contributed by atoms with Gasteiger partial charge in [-0.1, -0.05) is 29.0 Å². The third-order valence-electron chi connectivity index (χ3n) is 4.84. The fourth-order valence-corrected chi connectivity index (χ4v) is 4.13. The first-order chi connectivity index (χ1) is 13.8. The van der Waals surface area contributed by atoms with Gasteiger partial charge in [-0.3, -0.25) is 14.5 Å². The number of ketones is 1. The molecule has 0 spiro atoms. The van der Waals surface area contributed by atoms with Crippen molar-refractivity contribution in [3.63, 3.8) is 0 Å². The van der Waals surface area contributed by atoms with Gasteiger partial charge >= 0.3 is 5.91 Å². The molecule has 4 rings (SSSR count). The zero-order valence-corrected chi connectivity index (χ0v) is 17.2. The Morgan fingerprint density at radius 2 is 1.86 bits per heavy atom. The molecule has 2 aromatic heterocycles. The molecule has 1 aliphatic rings. The minimum Gasteiger partial charge on any atom is -0.507 e. The highest BCUT2D eigenvalue weighted by molar-refractivity contribution is 7.15. The second-order valence-electron chi connectivity index (χ2n) is 7.04. The van der Waals surface area contributed by atoms with E-state index in [1.165, 1.54) is 16.2 Å². The monoisotopic (exact) mass is 409 g/mol. The van der Waals surface area contributed by atoms with E-state index in [-0.39, 0.29) is 16.5 Å². The summed E-state index contributed by atoms with van der Waals surface area (Å²) in [4.78, 5) is 27.2. The quantitative estimate of drug-likeness (QED) is 0.399. The first-order valence-corrected chi connectivity index (χ1v) is 9.84. The number of nitrogens with zero attached hydrogens (tertiary/aromatic N) is 3. The topological polar surface area (TPSA) is 96.5 Å². The van der Waals surface area contributed by atoms with Crippen LogP contribution in [0.15, 0.2) is 40.3 Å². The second-order valence-corrected chi connectivity index (χ2v) is 8.20. The van der Waals surface area contributed by atoms with E-state index in [0.29, 0.717) is 22.1 Å². The summed E-state index contributed by atoms with van der Waals surface area (Å²) in [7, 11) is 0. The highest BCUT2D eigenvalue weighted by Gasteiger charge is 2.49. The van der Waals surface area contributed by atoms with Crippen molar-refractivity contribution in [1.29, 1.82) is 0 Å². The van der Waals surface area contributed by atoms with Gasteiger partial charge in [-0.15, -0.1) is 10.2 Å². The Hall–Kier alpha value is -3.26. The molecule has 1 unspecified atom stereocenters. The third-order valence-corrected chi connectivity index (χ3v) is 5.68. The smallest absolute Gasteiger partial charge is 0.302 e. The number of Topliss-reactive ketones (excluding diaryl/α,β-unsaturated/α-hetero) is 1. The zero-order valence-electron chi connectivity index (χ0n) is 16.4. The molecule has 1 atom stereocenters. The number of amides is 1. The van der Waals surface area contributed by atoms with E-state index in [1.54, 1.807) is 32.0 Å². The Morgan fingerprint density at radius 1 is 1.10 bits per heavy atom. The van der Waals surface area contributed by atoms with Gasteiger partial charge in [0.05, 0.1) is 5.57 Å². The first kappa shape index (κ1) is 19.1. The Morgan fingerprint density at radius 3 is 2.48 bits per heavy atom. The van der Waals surface area contributed by atoms with Gasteiger partial charge in [0.15, 0.2) is 0 Å². The summed E-state index contributed by atoms with van der Waals surface area (Å²) in [5.41, 5.74) is 2.20. The molecule has 1 aliphatic heterocycles. The lowest BCUT2D eigenvalue weighted by molar-refractivity contribution is -0.132. The maximum absolute atomic E-state index is 13.0. The average molecular weight is 409 g/mol. The van der Waals surface area contributed by atoms with Crippen LogP contribution < -0.4 is 4.90 Å². The van der Waals surface area contributed by atoms with Crippen LogP contribution in [0.4, 0.5) is 5.13 Å². The molecule has 1 saturated heterocycles. The minimum absolute atomic E-state index is 0.0223. The molecule has 7 nitrogen and oxygen atoms in total. The predicted octanol–water partition coefficient (Wildman–Crippen LogP) is 3.99. The molecule has 29 heavy (non-hydrogen) atoms. The van der Waals surface area contributed by atoms with Gasteiger partial charge in [-0.2, -0.15) is 0 Å². The summed E-state index contributed by atoms with van der Waals surface area (Å²) in [5, 5.41) is 20.1. The molecule has 8 heteroatoms. The molecule has 0 radical (unpaired) electrons. The molecular formula is C21H19N3O4S. The molecule has 0 bridgehead atoms. The maximum atomic E-state index is 13.0. The molecular weight excluding hydrogens is 390 g/mol. The Kier molecular flexibility index (Phi) is 4.58. The third kappa shape index (κ3) is 3.15. The van der Waals surface area contributed by atoms with Crippen molar-refractivity contribution in [1.82, 2.24) is 10.2 Å². The van der Waals surface area contributed by atoms with Crippen molar-refractivity contribution in [3.8, 4) is 0 Å². The summed E-state index contributed by atoms with van der Waals surface area (Å²) in [6.45, 7) is 7.27. The number of benzene rings is 1. The summed E-state index contributed by atoms with van der Waals surface area (Å²) in [6.07, 6.45) is 0. The summed E-state index contributed by atoms with van der Waals surface area (Å²) in [5.74, 6) is -0.776. The second kappa shape index (κ2) is 6.97. The number of hydrogen-bond donors (Lipinski definition) is 1. The van der Waals surface area contributed by atoms with E-state index in [1.807, 2.05) is 26.0 Å². The van der Waals surface area contributed by atoms with Crippen molar-refractivity contribution >= 4 is 33.9 Å². The van der Waals surface area contributed by atoms with E-state index < -0.39 is 17.7 Å². The average Bonchev–Trinajstić information content (AvgIpc) is 3.36. The highest BCUT2D eigenvalue weighted by atomic mass is 32.1. The fraction of sp³-hybridized carbons (Fsp3) is 0.238. The van der Waals surface area contributed by atoms with Crippen molar-refractivity contribution in [2.45, 2.75) is 33.7 Å². The van der Waals surface area contributed by atoms with E-state index in [0.717, 1.165) is 11.1 Å². The Bertz CT molecular complexity index is 1170. The van der Waals surface area contributed by atoms with Crippen LogP contribution in [-0.2, 0) is 9.59 Å². The molecule has 1 fully saturated rings. The van der Waals surface area contributed by atoms with Crippen molar-refractivity contribution in [2.24, 2.45) is 0 Å². The predicted molar refractivity (Wildman–Crippen MR) is 109 cm³/mol. The van der Waals surface area contributed by atoms with Gasteiger partial charge in [0.2, 0.25) is 5.13 Å². The number of aromatic nitrogens is 2. The van der Waals surface area contributed by atoms with Crippen LogP contribution in [0.5, 0.6) is 0 Å². The lowest BCUT2D eigenvalue weighted by atomic mass is 9.96. The zero-order chi connectivity index (χ0) is 20.9. The number of rotatable bonds is 3. The fourth-order valence-electron chi connectivity index (χ4n) is 3.42. The first-order valence-electron chi connectivity index (χ1n) is 9.03. The number of aliphatic hydroxyl groups excluding tert-OH is 1. The van der Waals surface area contributed by atoms with Gasteiger partial charge in [-0.25, -0.2) is 0 Å². The van der Waals surface area contributed by atoms with E-state index in [2.05, 4.69) is 10.2 Å². The maximum Gasteiger partial charge on any atom is 0.302 e. The van der Waals surface area contributed by atoms with Crippen molar-refractivity contribution in [3.05, 3.63) is 69.1 Å². The number of furan rings is 1. The molecule has 3 heterocycles. The molecule has 3 aromatic rings. The molecule has 0 saturated carbocycles. The number of anilines is 1. The largest absolute Gasteiger partial charge is 0.507 e. The van der Waals surface area contributed by atoms with Crippen LogP contribution in [0.25, 0.3) is 5.76 Å². The molecule has 1 N–H and O–H groups in total. The van der Waals surface area contributed by atoms with Crippen LogP contribution in [0.1, 0.15) is 39.3 Å². The van der Waals surface area contributed by atoms with Crippen LogP contribution in [0.2, 0.25) is 0 Å². The SMILES string of the molecule is Cc1ccc(C)c(C(O)=C2C(=O)C(=O)N(c3nnc(C)s3)C2c2ccc(C)o2)c1. The van der Waals surface area contributed by atoms with E-state index in [4.69, 9.17) is 4.42 Å². The van der Waals surface area contributed by atoms with E-state index in [9.17, 15) is 14.7 Å². The van der Waals surface area contributed by atoms with Crippen LogP contribution in [0.3, 0.4) is 0 Å². The molecule has 148 valence electrons. The molecule has 1 aromatic carbocycles. The normalized spacial score (nSPS) is 18.6. The van der Waals surface area contributed by atoms with Gasteiger partial charge in [0, 0.05) is 5.56 Å². The number of aryl methyl sites for hydroxylation is 4. The Labute approximate surface area is 171 Å². The van der Waals surface area contributed by atoms with Gasteiger partial charge in [0.1, 0.15) is 28.3 Å². The Balaban J connectivity index is 1.97. The summed E-state index contributed by atoms with van der Waals surface area (Å²) in [6, 6.07) is 8.10. The number of carbonyl (C=O) groups excluding carboxylic acids is 2. The van der Waals surface area contributed by atoms with Crippen LogP contribution in [0, 0.1) is 27.7 Å². The minimum atomic E-state index is -0.920. The van der Waals surface area contributed by atoms with Crippen molar-refractivity contribution in [2.75, 3.05) is 4.90 Å². The molecule has 0 aliphatic carbocycles. The van der Waals surface area contributed by atoms with Crippen molar-refractivity contribution < 1.29 is 19.1 Å². The summed E-state index contributed by atoms with van der Waals surface area (Å²) >= 11 is 1.20. The lowest BCUT2D eigenvalue weighted by Crippen LogP contribution is -2.29. The standard InChI is InChI=1S/C21H19N3O4S/c1-10-5-6-11(2)14(9-10)18(25)16-17(15-8-7-12(3)28-15)24(20(27)19(16)26)21-23-22-13(4)29-21/h5-9,17,25H,1-4H3.